The third-order valence-corrected chi connectivity index (χ3v) is 2.95. The Hall–Kier alpha value is -1.64. The number of Topliss-reactive ketones (excluding diaryl/α,β-unsaturated/α-hetero) is 2. The molecular formula is C15H20O3. The van der Waals surface area contributed by atoms with Crippen LogP contribution < -0.4 is 4.74 Å². The number of methoxy groups -OCH3 is 1. The van der Waals surface area contributed by atoms with E-state index in [4.69, 9.17) is 4.74 Å². The molecule has 0 aliphatic rings. The van der Waals surface area contributed by atoms with Crippen LogP contribution in [0.1, 0.15) is 43.5 Å². The number of rotatable bonds is 7. The molecule has 1 rings (SSSR count). The van der Waals surface area contributed by atoms with Gasteiger partial charge in [-0.1, -0.05) is 13.8 Å². The predicted molar refractivity (Wildman–Crippen MR) is 71.0 cm³/mol. The average Bonchev–Trinajstić information content (AvgIpc) is 2.39. The molecule has 3 heteroatoms. The van der Waals surface area contributed by atoms with Gasteiger partial charge in [0, 0.05) is 24.3 Å². The summed E-state index contributed by atoms with van der Waals surface area (Å²) < 4.78 is 5.03. The second kappa shape index (κ2) is 6.94. The van der Waals surface area contributed by atoms with Crippen molar-refractivity contribution < 1.29 is 14.3 Å². The monoisotopic (exact) mass is 248 g/mol. The van der Waals surface area contributed by atoms with Crippen LogP contribution in [0.25, 0.3) is 0 Å². The van der Waals surface area contributed by atoms with Crippen LogP contribution in [-0.2, 0) is 4.79 Å². The van der Waals surface area contributed by atoms with Crippen LogP contribution in [-0.4, -0.2) is 18.7 Å². The lowest BCUT2D eigenvalue weighted by atomic mass is 9.94. The minimum atomic E-state index is -0.195. The summed E-state index contributed by atoms with van der Waals surface area (Å²) in [6.07, 6.45) is 1.67. The lowest BCUT2D eigenvalue weighted by Crippen LogP contribution is -2.15. The van der Waals surface area contributed by atoms with Gasteiger partial charge >= 0.3 is 0 Å². The number of hydrogen-bond donors (Lipinski definition) is 0. The first-order valence-electron chi connectivity index (χ1n) is 6.28. The Morgan fingerprint density at radius 2 is 1.83 bits per heavy atom. The highest BCUT2D eigenvalue weighted by atomic mass is 16.5. The minimum absolute atomic E-state index is 0.00889. The number of ketones is 2. The Bertz CT molecular complexity index is 406. The van der Waals surface area contributed by atoms with Gasteiger partial charge in [0.2, 0.25) is 0 Å². The van der Waals surface area contributed by atoms with Gasteiger partial charge in [0.1, 0.15) is 11.5 Å². The first-order valence-corrected chi connectivity index (χ1v) is 6.28. The molecule has 0 heterocycles. The van der Waals surface area contributed by atoms with Crippen molar-refractivity contribution in [3.63, 3.8) is 0 Å². The number of carbonyl (C=O) groups excluding carboxylic acids is 2. The van der Waals surface area contributed by atoms with Gasteiger partial charge in [-0.05, 0) is 30.7 Å². The second-order valence-electron chi connectivity index (χ2n) is 4.47. The maximum Gasteiger partial charge on any atom is 0.163 e. The van der Waals surface area contributed by atoms with Gasteiger partial charge in [0.25, 0.3) is 0 Å². The average molecular weight is 248 g/mol. The van der Waals surface area contributed by atoms with E-state index in [-0.39, 0.29) is 23.9 Å². The van der Waals surface area contributed by atoms with E-state index in [1.54, 1.807) is 31.4 Å². The molecule has 0 aliphatic carbocycles. The molecule has 0 saturated heterocycles. The van der Waals surface area contributed by atoms with Crippen LogP contribution in [0.4, 0.5) is 0 Å². The summed E-state index contributed by atoms with van der Waals surface area (Å²) in [5.41, 5.74) is 0.631. The lowest BCUT2D eigenvalue weighted by Gasteiger charge is -2.09. The van der Waals surface area contributed by atoms with Crippen LogP contribution in [0.3, 0.4) is 0 Å². The Labute approximate surface area is 108 Å². The Balaban J connectivity index is 2.61. The van der Waals surface area contributed by atoms with E-state index in [1.807, 2.05) is 13.8 Å². The summed E-state index contributed by atoms with van der Waals surface area (Å²) in [4.78, 5) is 23.6. The third kappa shape index (κ3) is 3.99. The molecule has 1 aromatic carbocycles. The fraction of sp³-hybridized carbons (Fsp3) is 0.467. The molecule has 0 amide bonds. The second-order valence-corrected chi connectivity index (χ2v) is 4.47. The van der Waals surface area contributed by atoms with E-state index >= 15 is 0 Å². The molecule has 0 bridgehead atoms. The molecular weight excluding hydrogens is 228 g/mol. The number of ether oxygens (including phenoxy) is 1. The third-order valence-electron chi connectivity index (χ3n) is 2.95. The molecule has 0 saturated carbocycles. The summed E-state index contributed by atoms with van der Waals surface area (Å²) in [5, 5.41) is 0. The largest absolute Gasteiger partial charge is 0.497 e. The first kappa shape index (κ1) is 14.4. The highest BCUT2D eigenvalue weighted by molar-refractivity contribution is 5.98. The maximum absolute atomic E-state index is 12.0. The van der Waals surface area contributed by atoms with Crippen molar-refractivity contribution >= 4 is 11.6 Å². The quantitative estimate of drug-likeness (QED) is 0.695. The Morgan fingerprint density at radius 3 is 2.33 bits per heavy atom. The summed E-state index contributed by atoms with van der Waals surface area (Å²) in [7, 11) is 1.59. The van der Waals surface area contributed by atoms with E-state index in [2.05, 4.69) is 0 Å². The van der Waals surface area contributed by atoms with Gasteiger partial charge in [-0.3, -0.25) is 9.59 Å². The molecule has 1 aromatic rings. The highest BCUT2D eigenvalue weighted by Gasteiger charge is 2.17. The van der Waals surface area contributed by atoms with E-state index in [9.17, 15) is 9.59 Å². The fourth-order valence-corrected chi connectivity index (χ4v) is 1.78. The molecule has 0 aliphatic heterocycles. The normalized spacial score (nSPS) is 11.9. The zero-order chi connectivity index (χ0) is 13.5. The van der Waals surface area contributed by atoms with Gasteiger partial charge in [-0.2, -0.15) is 0 Å². The number of hydrogen-bond acceptors (Lipinski definition) is 3. The van der Waals surface area contributed by atoms with E-state index in [0.717, 1.165) is 12.2 Å². The van der Waals surface area contributed by atoms with Crippen LogP contribution in [0.5, 0.6) is 5.75 Å². The van der Waals surface area contributed by atoms with Crippen molar-refractivity contribution in [2.75, 3.05) is 7.11 Å². The molecule has 0 fully saturated rings. The summed E-state index contributed by atoms with van der Waals surface area (Å²) >= 11 is 0. The van der Waals surface area contributed by atoms with Crippen molar-refractivity contribution in [3.05, 3.63) is 29.8 Å². The zero-order valence-corrected chi connectivity index (χ0v) is 11.2. The van der Waals surface area contributed by atoms with Gasteiger partial charge in [-0.15, -0.1) is 0 Å². The van der Waals surface area contributed by atoms with Crippen molar-refractivity contribution in [3.8, 4) is 5.75 Å². The molecule has 18 heavy (non-hydrogen) atoms. The van der Waals surface area contributed by atoms with Crippen LogP contribution >= 0.6 is 0 Å². The molecule has 98 valence electrons. The van der Waals surface area contributed by atoms with E-state index in [1.165, 1.54) is 0 Å². The SMILES string of the molecule is CCCC(=O)C(C)CC(=O)c1ccc(OC)cc1. The van der Waals surface area contributed by atoms with Crippen molar-refractivity contribution in [1.82, 2.24) is 0 Å². The molecule has 1 atom stereocenters. The van der Waals surface area contributed by atoms with Gasteiger partial charge in [0.15, 0.2) is 5.78 Å². The molecule has 1 unspecified atom stereocenters. The predicted octanol–water partition coefficient (Wildman–Crippen LogP) is 3.27. The van der Waals surface area contributed by atoms with E-state index < -0.39 is 0 Å². The van der Waals surface area contributed by atoms with Crippen molar-refractivity contribution in [2.45, 2.75) is 33.1 Å². The molecule has 3 nitrogen and oxygen atoms in total. The summed E-state index contributed by atoms with van der Waals surface area (Å²) in [6.45, 7) is 3.79. The summed E-state index contributed by atoms with van der Waals surface area (Å²) in [6, 6.07) is 6.98. The van der Waals surface area contributed by atoms with Gasteiger partial charge < -0.3 is 4.74 Å². The van der Waals surface area contributed by atoms with Crippen molar-refractivity contribution in [2.24, 2.45) is 5.92 Å². The Kier molecular flexibility index (Phi) is 5.56. The molecule has 0 spiro atoms. The standard InChI is InChI=1S/C15H20O3/c1-4-5-14(16)11(2)10-15(17)12-6-8-13(18-3)9-7-12/h6-9,11H,4-5,10H2,1-3H3. The highest BCUT2D eigenvalue weighted by Crippen LogP contribution is 2.16. The van der Waals surface area contributed by atoms with E-state index in [0.29, 0.717) is 12.0 Å². The topological polar surface area (TPSA) is 43.4 Å². The summed E-state index contributed by atoms with van der Waals surface area (Å²) in [5.74, 6) is 0.704. The smallest absolute Gasteiger partial charge is 0.163 e. The lowest BCUT2D eigenvalue weighted by molar-refractivity contribution is -0.122. The minimum Gasteiger partial charge on any atom is -0.497 e. The van der Waals surface area contributed by atoms with Crippen LogP contribution in [0.2, 0.25) is 0 Å². The van der Waals surface area contributed by atoms with Gasteiger partial charge in [-0.25, -0.2) is 0 Å². The maximum atomic E-state index is 12.0. The Morgan fingerprint density at radius 1 is 1.22 bits per heavy atom. The van der Waals surface area contributed by atoms with Crippen LogP contribution in [0, 0.1) is 5.92 Å². The zero-order valence-electron chi connectivity index (χ0n) is 11.2. The molecule has 0 aromatic heterocycles. The molecule has 0 radical (unpaired) electrons. The first-order chi connectivity index (χ1) is 8.58. The van der Waals surface area contributed by atoms with Crippen LogP contribution in [0.15, 0.2) is 24.3 Å². The van der Waals surface area contributed by atoms with Gasteiger partial charge in [0.05, 0.1) is 7.11 Å². The van der Waals surface area contributed by atoms with Crippen molar-refractivity contribution in [1.29, 1.82) is 0 Å². The molecule has 0 N–H and O–H groups in total. The fourth-order valence-electron chi connectivity index (χ4n) is 1.78. The number of carbonyl (C=O) groups is 2. The number of benzene rings is 1.